The van der Waals surface area contributed by atoms with Crippen molar-refractivity contribution in [3.05, 3.63) is 59.7 Å². The van der Waals surface area contributed by atoms with E-state index in [-0.39, 0.29) is 11.8 Å². The van der Waals surface area contributed by atoms with Crippen LogP contribution in [0.3, 0.4) is 0 Å². The third-order valence-electron chi connectivity index (χ3n) is 4.11. The molecule has 4 heteroatoms. The maximum atomic E-state index is 12.4. The number of carbonyl (C=O) groups is 1. The lowest BCUT2D eigenvalue weighted by Gasteiger charge is -2.15. The fraction of sp³-hybridized carbons (Fsp3) is 0.389. The van der Waals surface area contributed by atoms with Gasteiger partial charge in [0, 0.05) is 11.6 Å². The van der Waals surface area contributed by atoms with Gasteiger partial charge in [-0.2, -0.15) is 0 Å². The van der Waals surface area contributed by atoms with Gasteiger partial charge in [0.05, 0.1) is 18.2 Å². The normalized spacial score (nSPS) is 15.3. The molecule has 2 aromatic rings. The van der Waals surface area contributed by atoms with E-state index in [4.69, 9.17) is 0 Å². The maximum absolute atomic E-state index is 12.4. The van der Waals surface area contributed by atoms with Gasteiger partial charge in [-0.1, -0.05) is 37.3 Å². The number of carbonyl (C=O) groups excluding carboxylic acids is 1. The number of amides is 1. The minimum Gasteiger partial charge on any atom is -0.350 e. The summed E-state index contributed by atoms with van der Waals surface area (Å²) in [6.45, 7) is 2.50. The lowest BCUT2D eigenvalue weighted by molar-refractivity contribution is -0.122. The van der Waals surface area contributed by atoms with E-state index in [9.17, 15) is 4.79 Å². The number of hydrogen-bond donors (Lipinski definition) is 1. The summed E-state index contributed by atoms with van der Waals surface area (Å²) in [5.74, 6) is 0.552. The van der Waals surface area contributed by atoms with Gasteiger partial charge in [-0.25, -0.2) is 9.97 Å². The highest BCUT2D eigenvalue weighted by molar-refractivity contribution is 5.83. The molecule has 0 aliphatic heterocycles. The minimum absolute atomic E-state index is 0.0558. The monoisotopic (exact) mass is 295 g/mol. The van der Waals surface area contributed by atoms with E-state index in [1.54, 1.807) is 6.33 Å². The summed E-state index contributed by atoms with van der Waals surface area (Å²) in [5.41, 5.74) is 3.05. The number of hydrogen-bond acceptors (Lipinski definition) is 3. The molecule has 0 radical (unpaired) electrons. The van der Waals surface area contributed by atoms with Crippen LogP contribution in [0.15, 0.2) is 42.7 Å². The molecule has 1 N–H and O–H groups in total. The highest BCUT2D eigenvalue weighted by atomic mass is 16.1. The first-order valence-corrected chi connectivity index (χ1v) is 7.91. The largest absolute Gasteiger partial charge is 0.350 e. The van der Waals surface area contributed by atoms with Crippen LogP contribution in [0.2, 0.25) is 0 Å². The highest BCUT2D eigenvalue weighted by Crippen LogP contribution is 2.38. The Labute approximate surface area is 131 Å². The maximum Gasteiger partial charge on any atom is 0.227 e. The van der Waals surface area contributed by atoms with Gasteiger partial charge in [-0.05, 0) is 30.9 Å². The first kappa shape index (κ1) is 14.7. The smallest absolute Gasteiger partial charge is 0.227 e. The molecule has 114 valence electrons. The highest BCUT2D eigenvalue weighted by Gasteiger charge is 2.25. The van der Waals surface area contributed by atoms with Crippen LogP contribution in [0.25, 0.3) is 0 Å². The third kappa shape index (κ3) is 3.50. The first-order chi connectivity index (χ1) is 10.8. The molecule has 1 aliphatic carbocycles. The van der Waals surface area contributed by atoms with Crippen molar-refractivity contribution in [2.45, 2.75) is 44.6 Å². The molecule has 1 aromatic heterocycles. The zero-order valence-electron chi connectivity index (χ0n) is 12.8. The van der Waals surface area contributed by atoms with Gasteiger partial charge in [0.15, 0.2) is 0 Å². The topological polar surface area (TPSA) is 54.9 Å². The molecule has 1 heterocycles. The van der Waals surface area contributed by atoms with Crippen molar-refractivity contribution in [2.24, 2.45) is 0 Å². The predicted octanol–water partition coefficient (Wildman–Crippen LogP) is 3.16. The van der Waals surface area contributed by atoms with Crippen LogP contribution in [0.5, 0.6) is 0 Å². The van der Waals surface area contributed by atoms with Gasteiger partial charge in [0.1, 0.15) is 6.33 Å². The first-order valence-electron chi connectivity index (χ1n) is 7.91. The Kier molecular flexibility index (Phi) is 4.47. The van der Waals surface area contributed by atoms with Gasteiger partial charge in [-0.15, -0.1) is 0 Å². The SMILES string of the molecule is CCC(C(=O)NCc1cc(C2CC2)ncn1)c1ccccc1. The molecule has 22 heavy (non-hydrogen) atoms. The van der Waals surface area contributed by atoms with E-state index in [0.29, 0.717) is 12.5 Å². The van der Waals surface area contributed by atoms with Crippen molar-refractivity contribution in [3.8, 4) is 0 Å². The molecule has 1 aliphatic rings. The van der Waals surface area contributed by atoms with Crippen molar-refractivity contribution in [1.29, 1.82) is 0 Å². The summed E-state index contributed by atoms with van der Waals surface area (Å²) >= 11 is 0. The second-order valence-electron chi connectivity index (χ2n) is 5.80. The molecule has 3 rings (SSSR count). The molecular weight excluding hydrogens is 274 g/mol. The fourth-order valence-corrected chi connectivity index (χ4v) is 2.67. The second kappa shape index (κ2) is 6.69. The number of nitrogens with zero attached hydrogens (tertiary/aromatic N) is 2. The van der Waals surface area contributed by atoms with Crippen molar-refractivity contribution in [2.75, 3.05) is 0 Å². The van der Waals surface area contributed by atoms with Gasteiger partial charge in [-0.3, -0.25) is 4.79 Å². The van der Waals surface area contributed by atoms with Gasteiger partial charge >= 0.3 is 0 Å². The predicted molar refractivity (Wildman–Crippen MR) is 85.3 cm³/mol. The fourth-order valence-electron chi connectivity index (χ4n) is 2.67. The van der Waals surface area contributed by atoms with Gasteiger partial charge in [0.2, 0.25) is 5.91 Å². The van der Waals surface area contributed by atoms with Crippen LogP contribution in [0.1, 0.15) is 55.0 Å². The Hall–Kier alpha value is -2.23. The molecular formula is C18H21N3O. The Balaban J connectivity index is 1.62. The van der Waals surface area contributed by atoms with Crippen LogP contribution < -0.4 is 5.32 Å². The number of benzene rings is 1. The van der Waals surface area contributed by atoms with Crippen LogP contribution in [0.4, 0.5) is 0 Å². The Morgan fingerprint density at radius 3 is 2.73 bits per heavy atom. The number of rotatable bonds is 6. The Bertz CT molecular complexity index is 638. The molecule has 0 saturated heterocycles. The zero-order chi connectivity index (χ0) is 15.4. The Morgan fingerprint density at radius 2 is 2.05 bits per heavy atom. The van der Waals surface area contributed by atoms with Gasteiger partial charge in [0.25, 0.3) is 0 Å². The second-order valence-corrected chi connectivity index (χ2v) is 5.80. The van der Waals surface area contributed by atoms with Crippen molar-refractivity contribution in [3.63, 3.8) is 0 Å². The summed E-state index contributed by atoms with van der Waals surface area (Å²) < 4.78 is 0. The van der Waals surface area contributed by atoms with E-state index in [1.807, 2.05) is 43.3 Å². The summed E-state index contributed by atoms with van der Waals surface area (Å²) in [7, 11) is 0. The Morgan fingerprint density at radius 1 is 1.27 bits per heavy atom. The van der Waals surface area contributed by atoms with Crippen LogP contribution >= 0.6 is 0 Å². The quantitative estimate of drug-likeness (QED) is 0.890. The van der Waals surface area contributed by atoms with Crippen LogP contribution in [-0.2, 0) is 11.3 Å². The molecule has 1 unspecified atom stereocenters. The number of nitrogens with one attached hydrogen (secondary N) is 1. The standard InChI is InChI=1S/C18H21N3O/c1-2-16(13-6-4-3-5-7-13)18(22)19-11-15-10-17(14-8-9-14)21-12-20-15/h3-7,10,12,14,16H,2,8-9,11H2,1H3,(H,19,22). The minimum atomic E-state index is -0.106. The van der Waals surface area contributed by atoms with E-state index in [1.165, 1.54) is 12.8 Å². The average molecular weight is 295 g/mol. The molecule has 1 amide bonds. The zero-order valence-corrected chi connectivity index (χ0v) is 12.8. The lowest BCUT2D eigenvalue weighted by atomic mass is 9.96. The molecule has 4 nitrogen and oxygen atoms in total. The molecule has 0 spiro atoms. The summed E-state index contributed by atoms with van der Waals surface area (Å²) in [5, 5.41) is 3.01. The average Bonchev–Trinajstić information content (AvgIpc) is 3.40. The lowest BCUT2D eigenvalue weighted by Crippen LogP contribution is -2.29. The number of aromatic nitrogens is 2. The van der Waals surface area contributed by atoms with E-state index in [0.717, 1.165) is 23.4 Å². The molecule has 1 aromatic carbocycles. The van der Waals surface area contributed by atoms with Crippen molar-refractivity contribution in [1.82, 2.24) is 15.3 Å². The summed E-state index contributed by atoms with van der Waals surface area (Å²) in [6.07, 6.45) is 4.82. The van der Waals surface area contributed by atoms with Gasteiger partial charge < -0.3 is 5.32 Å². The van der Waals surface area contributed by atoms with Crippen LogP contribution in [0, 0.1) is 0 Å². The van der Waals surface area contributed by atoms with Crippen molar-refractivity contribution < 1.29 is 4.79 Å². The third-order valence-corrected chi connectivity index (χ3v) is 4.11. The molecule has 1 atom stereocenters. The van der Waals surface area contributed by atoms with E-state index < -0.39 is 0 Å². The summed E-state index contributed by atoms with van der Waals surface area (Å²) in [6, 6.07) is 11.9. The van der Waals surface area contributed by atoms with Crippen LogP contribution in [-0.4, -0.2) is 15.9 Å². The summed E-state index contributed by atoms with van der Waals surface area (Å²) in [4.78, 5) is 21.0. The molecule has 1 fully saturated rings. The molecule has 0 bridgehead atoms. The van der Waals surface area contributed by atoms with E-state index in [2.05, 4.69) is 15.3 Å². The van der Waals surface area contributed by atoms with Crippen molar-refractivity contribution >= 4 is 5.91 Å². The molecule has 1 saturated carbocycles. The van der Waals surface area contributed by atoms with E-state index >= 15 is 0 Å².